The van der Waals surface area contributed by atoms with Crippen molar-refractivity contribution in [3.8, 4) is 0 Å². The Balaban J connectivity index is 1.69. The van der Waals surface area contributed by atoms with Crippen LogP contribution in [0.2, 0.25) is 5.02 Å². The van der Waals surface area contributed by atoms with Gasteiger partial charge in [-0.1, -0.05) is 41.4 Å². The highest BCUT2D eigenvalue weighted by molar-refractivity contribution is 6.30. The van der Waals surface area contributed by atoms with Crippen molar-refractivity contribution >= 4 is 40.9 Å². The van der Waals surface area contributed by atoms with Gasteiger partial charge in [-0.25, -0.2) is 14.3 Å². The van der Waals surface area contributed by atoms with E-state index < -0.39 is 35.5 Å². The van der Waals surface area contributed by atoms with Gasteiger partial charge >= 0.3 is 0 Å². The van der Waals surface area contributed by atoms with Crippen molar-refractivity contribution in [1.29, 1.82) is 0 Å². The molecule has 4 amide bonds. The molecule has 0 aromatic heterocycles. The molecule has 1 unspecified atom stereocenters. The van der Waals surface area contributed by atoms with Crippen molar-refractivity contribution in [1.82, 2.24) is 10.4 Å². The number of halogens is 2. The van der Waals surface area contributed by atoms with Crippen LogP contribution in [0.3, 0.4) is 0 Å². The highest BCUT2D eigenvalue weighted by Crippen LogP contribution is 2.27. The molecule has 9 heteroatoms. The zero-order valence-corrected chi connectivity index (χ0v) is 18.8. The summed E-state index contributed by atoms with van der Waals surface area (Å²) in [6, 6.07) is 16.4. The molecule has 7 nitrogen and oxygen atoms in total. The summed E-state index contributed by atoms with van der Waals surface area (Å²) in [7, 11) is 0. The molecule has 1 N–H and O–H groups in total. The number of rotatable bonds is 4. The van der Waals surface area contributed by atoms with E-state index in [4.69, 9.17) is 11.6 Å². The third-order valence-corrected chi connectivity index (χ3v) is 5.63. The second-order valence-corrected chi connectivity index (χ2v) is 8.16. The number of carbonyl (C=O) groups is 4. The molecule has 1 atom stereocenters. The largest absolute Gasteiger partial charge is 0.274 e. The van der Waals surface area contributed by atoms with E-state index in [1.54, 1.807) is 24.3 Å². The number of hydrazine groups is 1. The maximum atomic E-state index is 14.2. The van der Waals surface area contributed by atoms with Crippen LogP contribution in [0.25, 0.3) is 0 Å². The summed E-state index contributed by atoms with van der Waals surface area (Å²) in [5, 5.41) is 1.17. The van der Waals surface area contributed by atoms with Crippen LogP contribution in [0.4, 0.5) is 10.1 Å². The van der Waals surface area contributed by atoms with E-state index in [1.165, 1.54) is 42.5 Å². The van der Waals surface area contributed by atoms with E-state index in [0.29, 0.717) is 10.7 Å². The summed E-state index contributed by atoms with van der Waals surface area (Å²) in [6.07, 6.45) is -0.358. The van der Waals surface area contributed by atoms with E-state index in [1.807, 2.05) is 6.92 Å². The number of imide groups is 1. The number of nitrogens with one attached hydrogen (secondary N) is 1. The van der Waals surface area contributed by atoms with E-state index in [2.05, 4.69) is 5.43 Å². The first kappa shape index (κ1) is 23.1. The average molecular weight is 480 g/mol. The van der Waals surface area contributed by atoms with Crippen molar-refractivity contribution in [2.45, 2.75) is 19.4 Å². The van der Waals surface area contributed by atoms with Crippen LogP contribution < -0.4 is 10.3 Å². The smallest absolute Gasteiger partial charge is 0.273 e. The van der Waals surface area contributed by atoms with Crippen LogP contribution in [0.1, 0.15) is 32.7 Å². The van der Waals surface area contributed by atoms with Crippen LogP contribution >= 0.6 is 11.6 Å². The lowest BCUT2D eigenvalue weighted by atomic mass is 10.1. The van der Waals surface area contributed by atoms with Gasteiger partial charge in [0.05, 0.1) is 17.7 Å². The highest BCUT2D eigenvalue weighted by Gasteiger charge is 2.45. The molecule has 0 saturated carbocycles. The molecule has 1 heterocycles. The normalized spacial score (nSPS) is 15.4. The van der Waals surface area contributed by atoms with E-state index in [-0.39, 0.29) is 17.5 Å². The average Bonchev–Trinajstić information content (AvgIpc) is 3.12. The van der Waals surface area contributed by atoms with Gasteiger partial charge in [-0.05, 0) is 55.5 Å². The lowest BCUT2D eigenvalue weighted by molar-refractivity contribution is -0.122. The fourth-order valence-electron chi connectivity index (χ4n) is 3.60. The molecule has 1 aliphatic heterocycles. The van der Waals surface area contributed by atoms with Crippen molar-refractivity contribution in [3.63, 3.8) is 0 Å². The molecule has 4 rings (SSSR count). The summed E-state index contributed by atoms with van der Waals surface area (Å²) in [5.74, 6) is -3.71. The van der Waals surface area contributed by atoms with Gasteiger partial charge in [0.15, 0.2) is 0 Å². The van der Waals surface area contributed by atoms with Crippen molar-refractivity contribution in [2.75, 3.05) is 4.90 Å². The molecule has 34 heavy (non-hydrogen) atoms. The van der Waals surface area contributed by atoms with Crippen LogP contribution in [0.15, 0.2) is 72.8 Å². The molecule has 1 fully saturated rings. The number of nitrogens with zero attached hydrogens (tertiary/aromatic N) is 2. The molecule has 0 radical (unpaired) electrons. The SMILES string of the molecule is Cc1ccc(N2C(=O)CC(N(NC(=O)c3ccccc3F)C(=O)c3ccc(Cl)cc3)C2=O)cc1. The van der Waals surface area contributed by atoms with Gasteiger partial charge in [0.25, 0.3) is 17.7 Å². The summed E-state index contributed by atoms with van der Waals surface area (Å²) in [4.78, 5) is 53.2. The Labute approximate surface area is 199 Å². The number of hydrogen-bond acceptors (Lipinski definition) is 4. The lowest BCUT2D eigenvalue weighted by Crippen LogP contribution is -2.54. The number of amides is 4. The molecule has 172 valence electrons. The number of aryl methyl sites for hydroxylation is 1. The predicted octanol–water partition coefficient (Wildman–Crippen LogP) is 3.91. The Morgan fingerprint density at radius 2 is 1.65 bits per heavy atom. The number of benzene rings is 3. The number of anilines is 1. The summed E-state index contributed by atoms with van der Waals surface area (Å²) in [5.41, 5.74) is 3.43. The number of carbonyl (C=O) groups excluding carboxylic acids is 4. The number of hydrogen-bond donors (Lipinski definition) is 1. The fraction of sp³-hybridized carbons (Fsp3) is 0.120. The van der Waals surface area contributed by atoms with Gasteiger partial charge in [0.2, 0.25) is 5.91 Å². The minimum atomic E-state index is -1.33. The first-order valence-corrected chi connectivity index (χ1v) is 10.7. The third kappa shape index (κ3) is 4.53. The van der Waals surface area contributed by atoms with Crippen LogP contribution in [0.5, 0.6) is 0 Å². The quantitative estimate of drug-likeness (QED) is 0.454. The Morgan fingerprint density at radius 3 is 2.29 bits per heavy atom. The van der Waals surface area contributed by atoms with Gasteiger partial charge in [-0.3, -0.25) is 24.6 Å². The molecule has 0 aliphatic carbocycles. The zero-order valence-electron chi connectivity index (χ0n) is 18.0. The maximum Gasteiger partial charge on any atom is 0.273 e. The van der Waals surface area contributed by atoms with Gasteiger partial charge in [-0.15, -0.1) is 0 Å². The Hall–Kier alpha value is -4.04. The molecule has 1 saturated heterocycles. The van der Waals surface area contributed by atoms with Gasteiger partial charge in [-0.2, -0.15) is 0 Å². The molecular formula is C25H19ClFN3O4. The molecule has 3 aromatic rings. The minimum absolute atomic E-state index is 0.118. The molecule has 0 spiro atoms. The van der Waals surface area contributed by atoms with Crippen LogP contribution in [0, 0.1) is 12.7 Å². The predicted molar refractivity (Wildman–Crippen MR) is 124 cm³/mol. The first-order valence-electron chi connectivity index (χ1n) is 10.3. The van der Waals surface area contributed by atoms with E-state index in [9.17, 15) is 23.6 Å². The van der Waals surface area contributed by atoms with Crippen molar-refractivity contribution < 1.29 is 23.6 Å². The second kappa shape index (κ2) is 9.44. The van der Waals surface area contributed by atoms with Crippen LogP contribution in [-0.4, -0.2) is 34.7 Å². The van der Waals surface area contributed by atoms with Crippen LogP contribution in [-0.2, 0) is 9.59 Å². The topological polar surface area (TPSA) is 86.8 Å². The summed E-state index contributed by atoms with van der Waals surface area (Å²) in [6.45, 7) is 1.87. The second-order valence-electron chi connectivity index (χ2n) is 7.73. The Morgan fingerprint density at radius 1 is 1.00 bits per heavy atom. The Bertz CT molecular complexity index is 1280. The third-order valence-electron chi connectivity index (χ3n) is 5.38. The molecule has 3 aromatic carbocycles. The fourth-order valence-corrected chi connectivity index (χ4v) is 3.73. The monoisotopic (exact) mass is 479 g/mol. The summed E-state index contributed by atoms with van der Waals surface area (Å²) >= 11 is 5.90. The van der Waals surface area contributed by atoms with E-state index in [0.717, 1.165) is 21.5 Å². The van der Waals surface area contributed by atoms with Gasteiger partial charge in [0, 0.05) is 10.6 Å². The Kier molecular flexibility index (Phi) is 6.43. The van der Waals surface area contributed by atoms with Crippen molar-refractivity contribution in [3.05, 3.63) is 100 Å². The minimum Gasteiger partial charge on any atom is -0.274 e. The molecular weight excluding hydrogens is 461 g/mol. The van der Waals surface area contributed by atoms with E-state index >= 15 is 0 Å². The zero-order chi connectivity index (χ0) is 24.4. The standard InChI is InChI=1S/C25H19ClFN3O4/c1-15-6-12-18(13-7-15)29-22(31)14-21(25(29)34)30(24(33)16-8-10-17(26)11-9-16)28-23(32)19-4-2-3-5-20(19)27/h2-13,21H,14H2,1H3,(H,28,32). The lowest BCUT2D eigenvalue weighted by Gasteiger charge is -2.28. The summed E-state index contributed by atoms with van der Waals surface area (Å²) < 4.78 is 14.2. The van der Waals surface area contributed by atoms with Gasteiger partial charge < -0.3 is 0 Å². The molecule has 0 bridgehead atoms. The maximum absolute atomic E-state index is 14.2. The van der Waals surface area contributed by atoms with Gasteiger partial charge in [0.1, 0.15) is 11.9 Å². The first-order chi connectivity index (χ1) is 16.3. The highest BCUT2D eigenvalue weighted by atomic mass is 35.5. The molecule has 1 aliphatic rings. The van der Waals surface area contributed by atoms with Crippen molar-refractivity contribution in [2.24, 2.45) is 0 Å².